The maximum absolute atomic E-state index is 13.3. The van der Waals surface area contributed by atoms with Crippen LogP contribution in [0, 0.1) is 11.8 Å². The van der Waals surface area contributed by atoms with Gasteiger partial charge in [0.2, 0.25) is 5.88 Å². The third-order valence-corrected chi connectivity index (χ3v) is 4.53. The first kappa shape index (κ1) is 16.8. The van der Waals surface area contributed by atoms with Gasteiger partial charge in [-0.25, -0.2) is 18.6 Å². The summed E-state index contributed by atoms with van der Waals surface area (Å²) in [4.78, 5) is 15.5. The van der Waals surface area contributed by atoms with Crippen molar-refractivity contribution in [3.8, 4) is 5.88 Å². The number of amides is 2. The molecule has 1 heterocycles. The molecule has 1 aromatic heterocycles. The smallest absolute Gasteiger partial charge is 0.388 e. The van der Waals surface area contributed by atoms with Crippen LogP contribution in [0.25, 0.3) is 0 Å². The summed E-state index contributed by atoms with van der Waals surface area (Å²) >= 11 is 0. The fourth-order valence-corrected chi connectivity index (χ4v) is 3.25. The number of nitrogens with zero attached hydrogens (tertiary/aromatic N) is 1. The molecule has 0 spiro atoms. The molecule has 2 saturated carbocycles. The minimum Gasteiger partial charge on any atom is -0.417 e. The summed E-state index contributed by atoms with van der Waals surface area (Å²) in [5, 5.41) is 5.25. The second-order valence-corrected chi connectivity index (χ2v) is 6.11. The van der Waals surface area contributed by atoms with E-state index in [-0.39, 0.29) is 27.7 Å². The number of pyridine rings is 1. The van der Waals surface area contributed by atoms with E-state index in [9.17, 15) is 22.4 Å². The Morgan fingerprint density at radius 3 is 2.92 bits per heavy atom. The first-order valence-corrected chi connectivity index (χ1v) is 7.68. The molecule has 3 rings (SSSR count). The van der Waals surface area contributed by atoms with E-state index < -0.39 is 30.4 Å². The first-order valence-electron chi connectivity index (χ1n) is 7.68. The maximum Gasteiger partial charge on any atom is 0.388 e. The maximum atomic E-state index is 13.3. The molecule has 2 fully saturated rings. The number of carbonyl (C=O) groups is 1. The lowest BCUT2D eigenvalue weighted by Gasteiger charge is -2.21. The number of fused-ring (bicyclic) bond motifs is 1. The molecule has 2 aliphatic rings. The molecule has 0 bridgehead atoms. The number of alkyl halides is 4. The Labute approximate surface area is 138 Å². The van der Waals surface area contributed by atoms with E-state index in [0.717, 1.165) is 0 Å². The van der Waals surface area contributed by atoms with E-state index in [1.54, 1.807) is 6.07 Å². The van der Waals surface area contributed by atoms with Crippen LogP contribution in [0.1, 0.15) is 27.7 Å². The summed E-state index contributed by atoms with van der Waals surface area (Å²) in [7, 11) is 0. The Hall–Kier alpha value is -2.06. The SMILES string of the molecule is O=C(NCc1ccnc(OC(F)F)c1)NC1CCC2C(C1)C2(F)F.[HH].[HH]. The highest BCUT2D eigenvalue weighted by atomic mass is 19.3. The Morgan fingerprint density at radius 1 is 1.42 bits per heavy atom. The number of rotatable bonds is 5. The molecule has 1 aromatic rings. The van der Waals surface area contributed by atoms with Crippen molar-refractivity contribution in [1.29, 1.82) is 0 Å². The quantitative estimate of drug-likeness (QED) is 0.799. The van der Waals surface area contributed by atoms with Gasteiger partial charge in [0.25, 0.3) is 5.92 Å². The van der Waals surface area contributed by atoms with E-state index in [2.05, 4.69) is 20.4 Å². The number of hydrogen-bond donors (Lipinski definition) is 2. The topological polar surface area (TPSA) is 63.2 Å². The highest BCUT2D eigenvalue weighted by molar-refractivity contribution is 5.74. The summed E-state index contributed by atoms with van der Waals surface area (Å²) in [5.41, 5.74) is 0.535. The molecule has 0 saturated heterocycles. The average molecular weight is 351 g/mol. The van der Waals surface area contributed by atoms with Crippen molar-refractivity contribution in [2.75, 3.05) is 0 Å². The highest BCUT2D eigenvalue weighted by Gasteiger charge is 2.68. The number of aromatic nitrogens is 1. The van der Waals surface area contributed by atoms with Crippen molar-refractivity contribution in [2.24, 2.45) is 11.8 Å². The summed E-state index contributed by atoms with van der Waals surface area (Å²) in [6.07, 6.45) is 2.53. The van der Waals surface area contributed by atoms with Crippen LogP contribution >= 0.6 is 0 Å². The van der Waals surface area contributed by atoms with Gasteiger partial charge in [-0.3, -0.25) is 0 Å². The van der Waals surface area contributed by atoms with Crippen LogP contribution in [-0.2, 0) is 6.54 Å². The van der Waals surface area contributed by atoms with Crippen molar-refractivity contribution in [1.82, 2.24) is 15.6 Å². The van der Waals surface area contributed by atoms with Crippen LogP contribution in [-0.4, -0.2) is 29.6 Å². The van der Waals surface area contributed by atoms with Gasteiger partial charge >= 0.3 is 12.6 Å². The third-order valence-electron chi connectivity index (χ3n) is 4.53. The van der Waals surface area contributed by atoms with Gasteiger partial charge in [-0.1, -0.05) is 0 Å². The molecule has 0 aromatic carbocycles. The first-order chi connectivity index (χ1) is 11.4. The molecule has 2 N–H and O–H groups in total. The van der Waals surface area contributed by atoms with E-state index in [1.807, 2.05) is 0 Å². The Morgan fingerprint density at radius 2 is 2.21 bits per heavy atom. The summed E-state index contributed by atoms with van der Waals surface area (Å²) in [5.74, 6) is -3.96. The van der Waals surface area contributed by atoms with Crippen molar-refractivity contribution in [2.45, 2.75) is 44.4 Å². The van der Waals surface area contributed by atoms with Crippen molar-refractivity contribution < 1.29 is 29.9 Å². The minimum atomic E-state index is -2.97. The molecule has 24 heavy (non-hydrogen) atoms. The molecular weight excluding hydrogens is 330 g/mol. The van der Waals surface area contributed by atoms with Crippen LogP contribution in [0.15, 0.2) is 18.3 Å². The van der Waals surface area contributed by atoms with Gasteiger partial charge in [-0.15, -0.1) is 0 Å². The third kappa shape index (κ3) is 3.70. The molecule has 2 amide bonds. The largest absolute Gasteiger partial charge is 0.417 e. The summed E-state index contributed by atoms with van der Waals surface area (Å²) < 4.78 is 55.0. The fourth-order valence-electron chi connectivity index (χ4n) is 3.25. The lowest BCUT2D eigenvalue weighted by molar-refractivity contribution is -0.0529. The molecule has 136 valence electrons. The molecule has 2 aliphatic carbocycles. The van der Waals surface area contributed by atoms with Crippen LogP contribution in [0.4, 0.5) is 22.4 Å². The molecule has 3 unspecified atom stereocenters. The van der Waals surface area contributed by atoms with E-state index >= 15 is 0 Å². The molecular formula is C15H21F4N3O2. The van der Waals surface area contributed by atoms with E-state index in [1.165, 1.54) is 12.3 Å². The number of ether oxygens (including phenoxy) is 1. The standard InChI is InChI=1S/C15H17F4N3O2.2H2/c16-13(17)24-12-5-8(3-4-20-12)7-21-14(23)22-9-1-2-10-11(6-9)15(10,18)19;;/h3-5,9-11,13H,1-2,6-7H2,(H2,21,22,23);2*1H. The molecule has 9 heteroatoms. The lowest BCUT2D eigenvalue weighted by Crippen LogP contribution is -2.43. The minimum absolute atomic E-state index is 0. The summed E-state index contributed by atoms with van der Waals surface area (Å²) in [6, 6.07) is 2.10. The number of nitrogens with one attached hydrogen (secondary N) is 2. The van der Waals surface area contributed by atoms with Gasteiger partial charge < -0.3 is 15.4 Å². The summed E-state index contributed by atoms with van der Waals surface area (Å²) in [6.45, 7) is -2.89. The Bertz CT molecular complexity index is 624. The molecule has 5 nitrogen and oxygen atoms in total. The Balaban J connectivity index is 0.00000169. The predicted octanol–water partition coefficient (Wildman–Crippen LogP) is 3.41. The average Bonchev–Trinajstić information content (AvgIpc) is 3.06. The fraction of sp³-hybridized carbons (Fsp3) is 0.600. The Kier molecular flexibility index (Phi) is 4.51. The number of halogens is 4. The second-order valence-electron chi connectivity index (χ2n) is 6.11. The van der Waals surface area contributed by atoms with E-state index in [4.69, 9.17) is 0 Å². The van der Waals surface area contributed by atoms with Crippen LogP contribution < -0.4 is 15.4 Å². The number of hydrogen-bond acceptors (Lipinski definition) is 3. The second kappa shape index (κ2) is 6.45. The van der Waals surface area contributed by atoms with Crippen LogP contribution in [0.2, 0.25) is 0 Å². The molecule has 3 atom stereocenters. The normalized spacial score (nSPS) is 27.3. The van der Waals surface area contributed by atoms with Gasteiger partial charge in [-0.05, 0) is 30.9 Å². The molecule has 0 radical (unpaired) electrons. The van der Waals surface area contributed by atoms with E-state index in [0.29, 0.717) is 18.4 Å². The monoisotopic (exact) mass is 351 g/mol. The van der Waals surface area contributed by atoms with Crippen molar-refractivity contribution >= 4 is 6.03 Å². The van der Waals surface area contributed by atoms with Gasteiger partial charge in [-0.2, -0.15) is 8.78 Å². The number of urea groups is 1. The van der Waals surface area contributed by atoms with Gasteiger partial charge in [0, 0.05) is 39.5 Å². The van der Waals surface area contributed by atoms with Gasteiger partial charge in [0.1, 0.15) is 0 Å². The zero-order chi connectivity index (χ0) is 17.3. The van der Waals surface area contributed by atoms with Gasteiger partial charge in [0.15, 0.2) is 0 Å². The molecule has 0 aliphatic heterocycles. The van der Waals surface area contributed by atoms with Crippen LogP contribution in [0.3, 0.4) is 0 Å². The lowest BCUT2D eigenvalue weighted by atomic mass is 9.96. The zero-order valence-electron chi connectivity index (χ0n) is 12.6. The predicted molar refractivity (Wildman–Crippen MR) is 80.0 cm³/mol. The van der Waals surface area contributed by atoms with Gasteiger partial charge in [0.05, 0.1) is 0 Å². The van der Waals surface area contributed by atoms with Crippen molar-refractivity contribution in [3.63, 3.8) is 0 Å². The zero-order valence-corrected chi connectivity index (χ0v) is 12.6. The highest BCUT2D eigenvalue weighted by Crippen LogP contribution is 2.62. The van der Waals surface area contributed by atoms with Crippen LogP contribution in [0.5, 0.6) is 5.88 Å². The van der Waals surface area contributed by atoms with Crippen molar-refractivity contribution in [3.05, 3.63) is 23.9 Å². The number of carbonyl (C=O) groups excluding carboxylic acids is 1.